The first-order valence-corrected chi connectivity index (χ1v) is 12.0. The minimum absolute atomic E-state index is 0.00169. The predicted octanol–water partition coefficient (Wildman–Crippen LogP) is 3.70. The topological polar surface area (TPSA) is 48.9 Å². The maximum atomic E-state index is 13.4. The fourth-order valence-electron chi connectivity index (χ4n) is 4.79. The molecule has 6 heteroatoms. The van der Waals surface area contributed by atoms with Gasteiger partial charge in [0.2, 0.25) is 5.91 Å². The van der Waals surface area contributed by atoms with Crippen molar-refractivity contribution in [2.45, 2.75) is 58.3 Å². The molecule has 0 radical (unpaired) electrons. The van der Waals surface area contributed by atoms with Crippen LogP contribution >= 0.6 is 0 Å². The van der Waals surface area contributed by atoms with Crippen LogP contribution in [0.2, 0.25) is 0 Å². The van der Waals surface area contributed by atoms with Gasteiger partial charge in [-0.05, 0) is 68.4 Å². The van der Waals surface area contributed by atoms with Crippen LogP contribution < -0.4 is 4.74 Å². The Morgan fingerprint density at radius 2 is 1.91 bits per heavy atom. The third kappa shape index (κ3) is 5.67. The van der Waals surface area contributed by atoms with Gasteiger partial charge in [-0.3, -0.25) is 19.6 Å². The summed E-state index contributed by atoms with van der Waals surface area (Å²) in [5, 5.41) is 0. The highest BCUT2D eigenvalue weighted by molar-refractivity contribution is 5.82. The van der Waals surface area contributed by atoms with Gasteiger partial charge in [-0.2, -0.15) is 0 Å². The van der Waals surface area contributed by atoms with Crippen LogP contribution in [0.4, 0.5) is 0 Å². The molecule has 172 valence electrons. The number of amides is 1. The third-order valence-electron chi connectivity index (χ3n) is 6.73. The molecule has 6 nitrogen and oxygen atoms in total. The number of carbonyl (C=O) groups is 1. The minimum atomic E-state index is -0.00169. The average molecular weight is 437 g/mol. The zero-order chi connectivity index (χ0) is 22.3. The van der Waals surface area contributed by atoms with E-state index in [0.29, 0.717) is 19.7 Å². The van der Waals surface area contributed by atoms with Gasteiger partial charge in [0.15, 0.2) is 0 Å². The number of carbonyl (C=O) groups excluding carboxylic acids is 1. The van der Waals surface area contributed by atoms with Crippen molar-refractivity contribution < 1.29 is 9.53 Å². The van der Waals surface area contributed by atoms with E-state index in [1.807, 2.05) is 17.3 Å². The zero-order valence-electron chi connectivity index (χ0n) is 19.5. The van der Waals surface area contributed by atoms with Gasteiger partial charge in [-0.25, -0.2) is 0 Å². The van der Waals surface area contributed by atoms with Crippen molar-refractivity contribution in [1.29, 1.82) is 0 Å². The second-order valence-corrected chi connectivity index (χ2v) is 9.05. The standard InChI is InChI=1S/C26H36N4O2/c1-3-29(18-21-10-12-27-13-11-21)19-22-8-9-25-23(17-22)20-30(15-16-32-25)26(31)24-7-5-4-6-14-28(24)2/h8-13,17,24H,3-7,14-16,18-20H2,1-2H3. The number of rotatable bonds is 6. The van der Waals surface area contributed by atoms with Gasteiger partial charge in [-0.15, -0.1) is 0 Å². The molecule has 0 N–H and O–H groups in total. The largest absolute Gasteiger partial charge is 0.491 e. The second-order valence-electron chi connectivity index (χ2n) is 9.05. The van der Waals surface area contributed by atoms with E-state index in [1.165, 1.54) is 24.0 Å². The molecule has 3 heterocycles. The van der Waals surface area contributed by atoms with Crippen LogP contribution in [-0.4, -0.2) is 64.9 Å². The summed E-state index contributed by atoms with van der Waals surface area (Å²) in [6.45, 7) is 7.76. The Bertz CT molecular complexity index is 889. The highest BCUT2D eigenvalue weighted by Crippen LogP contribution is 2.27. The number of fused-ring (bicyclic) bond motifs is 1. The fourth-order valence-corrected chi connectivity index (χ4v) is 4.79. The van der Waals surface area contributed by atoms with Crippen LogP contribution in [-0.2, 0) is 24.4 Å². The Morgan fingerprint density at radius 1 is 1.09 bits per heavy atom. The van der Waals surface area contributed by atoms with Gasteiger partial charge in [0.05, 0.1) is 12.6 Å². The molecule has 0 bridgehead atoms. The number of benzene rings is 1. The molecule has 32 heavy (non-hydrogen) atoms. The van der Waals surface area contributed by atoms with Crippen molar-refractivity contribution in [3.63, 3.8) is 0 Å². The highest BCUT2D eigenvalue weighted by atomic mass is 16.5. The molecule has 1 unspecified atom stereocenters. The first kappa shape index (κ1) is 22.7. The van der Waals surface area contributed by atoms with Gasteiger partial charge in [-0.1, -0.05) is 25.8 Å². The summed E-state index contributed by atoms with van der Waals surface area (Å²) < 4.78 is 6.02. The molecule has 4 rings (SSSR count). The Kier molecular flexibility index (Phi) is 7.76. The number of pyridine rings is 1. The van der Waals surface area contributed by atoms with Crippen molar-refractivity contribution in [3.05, 3.63) is 59.4 Å². The van der Waals surface area contributed by atoms with E-state index in [-0.39, 0.29) is 11.9 Å². The number of hydrogen-bond donors (Lipinski definition) is 0. The molecule has 0 saturated carbocycles. The second kappa shape index (κ2) is 10.9. The van der Waals surface area contributed by atoms with Crippen LogP contribution in [0, 0.1) is 0 Å². The van der Waals surface area contributed by atoms with Gasteiger partial charge in [0.1, 0.15) is 12.4 Å². The zero-order valence-corrected chi connectivity index (χ0v) is 19.5. The van der Waals surface area contributed by atoms with E-state index in [0.717, 1.165) is 50.3 Å². The molecule has 2 aromatic rings. The van der Waals surface area contributed by atoms with Gasteiger partial charge >= 0.3 is 0 Å². The lowest BCUT2D eigenvalue weighted by Crippen LogP contribution is -2.47. The summed E-state index contributed by atoms with van der Waals surface area (Å²) in [6.07, 6.45) is 8.19. The normalized spacial score (nSPS) is 19.7. The van der Waals surface area contributed by atoms with E-state index < -0.39 is 0 Å². The molecule has 1 saturated heterocycles. The maximum absolute atomic E-state index is 13.4. The van der Waals surface area contributed by atoms with Crippen molar-refractivity contribution >= 4 is 5.91 Å². The molecular formula is C26H36N4O2. The van der Waals surface area contributed by atoms with E-state index >= 15 is 0 Å². The molecule has 1 fully saturated rings. The van der Waals surface area contributed by atoms with Crippen molar-refractivity contribution in [1.82, 2.24) is 19.7 Å². The van der Waals surface area contributed by atoms with E-state index in [4.69, 9.17) is 4.74 Å². The quantitative estimate of drug-likeness (QED) is 0.691. The van der Waals surface area contributed by atoms with Crippen LogP contribution in [0.1, 0.15) is 49.3 Å². The first-order valence-electron chi connectivity index (χ1n) is 12.0. The number of aromatic nitrogens is 1. The Morgan fingerprint density at radius 3 is 2.72 bits per heavy atom. The van der Waals surface area contributed by atoms with E-state index in [1.54, 1.807) is 0 Å². The van der Waals surface area contributed by atoms with Crippen molar-refractivity contribution in [2.75, 3.05) is 33.3 Å². The Balaban J connectivity index is 1.46. The Labute approximate surface area is 192 Å². The SMILES string of the molecule is CCN(Cc1ccncc1)Cc1ccc2c(c1)CN(C(=O)C1CCCCCN1C)CCO2. The molecular weight excluding hydrogens is 400 g/mol. The van der Waals surface area contributed by atoms with Crippen LogP contribution in [0.5, 0.6) is 5.75 Å². The van der Waals surface area contributed by atoms with Gasteiger partial charge in [0.25, 0.3) is 0 Å². The summed E-state index contributed by atoms with van der Waals surface area (Å²) >= 11 is 0. The average Bonchev–Trinajstić information content (AvgIpc) is 3.16. The number of nitrogens with zero attached hydrogens (tertiary/aromatic N) is 4. The number of likely N-dealkylation sites (tertiary alicyclic amines) is 1. The molecule has 2 aliphatic rings. The molecule has 1 aromatic carbocycles. The lowest BCUT2D eigenvalue weighted by molar-refractivity contribution is -0.137. The molecule has 2 aliphatic heterocycles. The van der Waals surface area contributed by atoms with Gasteiger partial charge < -0.3 is 9.64 Å². The van der Waals surface area contributed by atoms with Gasteiger partial charge in [0, 0.05) is 37.6 Å². The fraction of sp³-hybridized carbons (Fsp3) is 0.538. The number of hydrogen-bond acceptors (Lipinski definition) is 5. The molecule has 1 atom stereocenters. The van der Waals surface area contributed by atoms with Crippen LogP contribution in [0.25, 0.3) is 0 Å². The smallest absolute Gasteiger partial charge is 0.240 e. The lowest BCUT2D eigenvalue weighted by atomic mass is 10.1. The molecule has 0 spiro atoms. The number of likely N-dealkylation sites (N-methyl/N-ethyl adjacent to an activating group) is 1. The lowest BCUT2D eigenvalue weighted by Gasteiger charge is -2.30. The molecule has 0 aliphatic carbocycles. The van der Waals surface area contributed by atoms with E-state index in [2.05, 4.69) is 59.1 Å². The van der Waals surface area contributed by atoms with Crippen molar-refractivity contribution in [3.8, 4) is 5.75 Å². The summed E-state index contributed by atoms with van der Waals surface area (Å²) in [7, 11) is 2.09. The highest BCUT2D eigenvalue weighted by Gasteiger charge is 2.30. The van der Waals surface area contributed by atoms with Crippen LogP contribution in [0.15, 0.2) is 42.7 Å². The summed E-state index contributed by atoms with van der Waals surface area (Å²) in [5.41, 5.74) is 3.64. The van der Waals surface area contributed by atoms with Crippen LogP contribution in [0.3, 0.4) is 0 Å². The Hall–Kier alpha value is -2.44. The molecule has 1 amide bonds. The maximum Gasteiger partial charge on any atom is 0.240 e. The van der Waals surface area contributed by atoms with E-state index in [9.17, 15) is 4.79 Å². The summed E-state index contributed by atoms with van der Waals surface area (Å²) in [4.78, 5) is 24.2. The first-order chi connectivity index (χ1) is 15.6. The molecule has 1 aromatic heterocycles. The summed E-state index contributed by atoms with van der Waals surface area (Å²) in [6, 6.07) is 10.6. The van der Waals surface area contributed by atoms with Crippen molar-refractivity contribution in [2.24, 2.45) is 0 Å². The summed E-state index contributed by atoms with van der Waals surface area (Å²) in [5.74, 6) is 1.17. The number of ether oxygens (including phenoxy) is 1. The monoisotopic (exact) mass is 436 g/mol. The third-order valence-corrected chi connectivity index (χ3v) is 6.73. The predicted molar refractivity (Wildman–Crippen MR) is 126 cm³/mol. The minimum Gasteiger partial charge on any atom is -0.491 e.